The van der Waals surface area contributed by atoms with Crippen LogP contribution in [-0.2, 0) is 0 Å². The SMILES string of the molecule is Nc1cccc(C(=O)c2c[nH]c3ncc(-c4ccc(Br)cc4)cc23)c1. The number of ketones is 1. The van der Waals surface area contributed by atoms with Crippen molar-refractivity contribution in [2.45, 2.75) is 0 Å². The molecule has 4 aromatic rings. The molecule has 0 fully saturated rings. The number of nitrogens with zero attached hydrogens (tertiary/aromatic N) is 1. The molecule has 5 heteroatoms. The average molecular weight is 392 g/mol. The Morgan fingerprint density at radius 2 is 1.84 bits per heavy atom. The van der Waals surface area contributed by atoms with E-state index in [4.69, 9.17) is 5.73 Å². The minimum Gasteiger partial charge on any atom is -0.399 e. The Morgan fingerprint density at radius 1 is 1.04 bits per heavy atom. The van der Waals surface area contributed by atoms with Gasteiger partial charge in [0.15, 0.2) is 5.78 Å². The molecule has 0 saturated heterocycles. The molecule has 0 bridgehead atoms. The Bertz CT molecular complexity index is 1080. The molecule has 0 amide bonds. The molecule has 2 aromatic carbocycles. The van der Waals surface area contributed by atoms with Gasteiger partial charge in [-0.25, -0.2) is 4.98 Å². The summed E-state index contributed by atoms with van der Waals surface area (Å²) >= 11 is 3.44. The van der Waals surface area contributed by atoms with E-state index in [1.54, 1.807) is 36.7 Å². The van der Waals surface area contributed by atoms with Crippen molar-refractivity contribution in [3.8, 4) is 11.1 Å². The quantitative estimate of drug-likeness (QED) is 0.388. The molecule has 0 aliphatic heterocycles. The normalized spacial score (nSPS) is 10.9. The van der Waals surface area contributed by atoms with Crippen LogP contribution in [0.4, 0.5) is 5.69 Å². The molecule has 0 aliphatic carbocycles. The summed E-state index contributed by atoms with van der Waals surface area (Å²) in [5.74, 6) is -0.0756. The summed E-state index contributed by atoms with van der Waals surface area (Å²) in [7, 11) is 0. The van der Waals surface area contributed by atoms with E-state index in [-0.39, 0.29) is 5.78 Å². The van der Waals surface area contributed by atoms with Gasteiger partial charge in [-0.05, 0) is 35.9 Å². The van der Waals surface area contributed by atoms with Crippen molar-refractivity contribution in [2.75, 3.05) is 5.73 Å². The number of carbonyl (C=O) groups is 1. The molecule has 4 nitrogen and oxygen atoms in total. The highest BCUT2D eigenvalue weighted by Gasteiger charge is 2.16. The maximum absolute atomic E-state index is 12.9. The van der Waals surface area contributed by atoms with E-state index in [0.29, 0.717) is 22.5 Å². The molecule has 0 spiro atoms. The van der Waals surface area contributed by atoms with E-state index in [9.17, 15) is 4.79 Å². The van der Waals surface area contributed by atoms with Crippen LogP contribution in [0.5, 0.6) is 0 Å². The number of fused-ring (bicyclic) bond motifs is 1. The largest absolute Gasteiger partial charge is 0.399 e. The second-order valence-electron chi connectivity index (χ2n) is 5.78. The summed E-state index contributed by atoms with van der Waals surface area (Å²) in [6.07, 6.45) is 3.51. The van der Waals surface area contributed by atoms with Crippen molar-refractivity contribution in [2.24, 2.45) is 0 Å². The zero-order valence-electron chi connectivity index (χ0n) is 13.2. The maximum Gasteiger partial charge on any atom is 0.195 e. The van der Waals surface area contributed by atoms with E-state index in [1.165, 1.54) is 0 Å². The lowest BCUT2D eigenvalue weighted by Gasteiger charge is -2.04. The zero-order valence-corrected chi connectivity index (χ0v) is 14.7. The maximum atomic E-state index is 12.9. The van der Waals surface area contributed by atoms with Crippen LogP contribution in [0.15, 0.2) is 71.5 Å². The highest BCUT2D eigenvalue weighted by atomic mass is 79.9. The predicted octanol–water partition coefficient (Wildman–Crippen LogP) is 4.81. The number of halogens is 1. The summed E-state index contributed by atoms with van der Waals surface area (Å²) in [6.45, 7) is 0. The lowest BCUT2D eigenvalue weighted by Crippen LogP contribution is -2.01. The standard InChI is InChI=1S/C20H14BrN3O/c21-15-6-4-12(5-7-15)14-9-17-18(11-24-20(17)23-10-14)19(25)13-2-1-3-16(22)8-13/h1-11H,22H2,(H,23,24). The van der Waals surface area contributed by atoms with Gasteiger partial charge in [-0.2, -0.15) is 0 Å². The van der Waals surface area contributed by atoms with Gasteiger partial charge in [0.2, 0.25) is 0 Å². The molecule has 0 unspecified atom stereocenters. The van der Waals surface area contributed by atoms with Gasteiger partial charge in [-0.15, -0.1) is 0 Å². The molecular weight excluding hydrogens is 378 g/mol. The van der Waals surface area contributed by atoms with Crippen LogP contribution >= 0.6 is 15.9 Å². The van der Waals surface area contributed by atoms with Crippen molar-refractivity contribution in [3.05, 3.63) is 82.6 Å². The minimum atomic E-state index is -0.0756. The second-order valence-corrected chi connectivity index (χ2v) is 6.70. The van der Waals surface area contributed by atoms with E-state index in [0.717, 1.165) is 21.0 Å². The third kappa shape index (κ3) is 2.94. The van der Waals surface area contributed by atoms with Gasteiger partial charge in [0, 0.05) is 44.6 Å². The number of carbonyl (C=O) groups excluding carboxylic acids is 1. The van der Waals surface area contributed by atoms with Gasteiger partial charge in [-0.3, -0.25) is 4.79 Å². The Balaban J connectivity index is 1.81. The third-order valence-corrected chi connectivity index (χ3v) is 4.63. The van der Waals surface area contributed by atoms with Gasteiger partial charge < -0.3 is 10.7 Å². The topological polar surface area (TPSA) is 71.8 Å². The van der Waals surface area contributed by atoms with Crippen LogP contribution in [0.3, 0.4) is 0 Å². The number of anilines is 1. The van der Waals surface area contributed by atoms with Crippen molar-refractivity contribution in [1.82, 2.24) is 9.97 Å². The molecule has 0 radical (unpaired) electrons. The van der Waals surface area contributed by atoms with Gasteiger partial charge in [0.1, 0.15) is 5.65 Å². The van der Waals surface area contributed by atoms with Crippen molar-refractivity contribution in [3.63, 3.8) is 0 Å². The first kappa shape index (κ1) is 15.6. The fraction of sp³-hybridized carbons (Fsp3) is 0. The smallest absolute Gasteiger partial charge is 0.195 e. The van der Waals surface area contributed by atoms with E-state index in [2.05, 4.69) is 25.9 Å². The first-order valence-corrected chi connectivity index (χ1v) is 8.54. The molecule has 0 aliphatic rings. The van der Waals surface area contributed by atoms with Crippen LogP contribution in [0.25, 0.3) is 22.2 Å². The van der Waals surface area contributed by atoms with Crippen molar-refractivity contribution in [1.29, 1.82) is 0 Å². The van der Waals surface area contributed by atoms with E-state index >= 15 is 0 Å². The molecule has 3 N–H and O–H groups in total. The van der Waals surface area contributed by atoms with Gasteiger partial charge >= 0.3 is 0 Å². The fourth-order valence-corrected chi connectivity index (χ4v) is 3.09. The van der Waals surface area contributed by atoms with Gasteiger partial charge in [0.25, 0.3) is 0 Å². The van der Waals surface area contributed by atoms with Crippen LogP contribution in [0, 0.1) is 0 Å². The van der Waals surface area contributed by atoms with Crippen LogP contribution in [0.2, 0.25) is 0 Å². The molecule has 4 rings (SSSR count). The number of pyridine rings is 1. The molecule has 122 valence electrons. The number of benzene rings is 2. The summed E-state index contributed by atoms with van der Waals surface area (Å²) in [4.78, 5) is 20.4. The first-order valence-electron chi connectivity index (χ1n) is 7.75. The van der Waals surface area contributed by atoms with E-state index in [1.807, 2.05) is 30.3 Å². The second kappa shape index (κ2) is 6.18. The number of H-pyrrole nitrogens is 1. The van der Waals surface area contributed by atoms with Crippen molar-refractivity contribution >= 4 is 38.4 Å². The molecule has 25 heavy (non-hydrogen) atoms. The number of rotatable bonds is 3. The average Bonchev–Trinajstić information content (AvgIpc) is 3.05. The number of nitrogens with two attached hydrogens (primary N) is 1. The Morgan fingerprint density at radius 3 is 2.60 bits per heavy atom. The first-order chi connectivity index (χ1) is 12.1. The minimum absolute atomic E-state index is 0.0756. The van der Waals surface area contributed by atoms with Crippen LogP contribution in [0.1, 0.15) is 15.9 Å². The zero-order chi connectivity index (χ0) is 17.4. The number of nitrogen functional groups attached to an aromatic ring is 1. The van der Waals surface area contributed by atoms with Gasteiger partial charge in [0.05, 0.1) is 0 Å². The fourth-order valence-electron chi connectivity index (χ4n) is 2.83. The predicted molar refractivity (Wildman–Crippen MR) is 104 cm³/mol. The molecule has 0 saturated carbocycles. The van der Waals surface area contributed by atoms with Crippen molar-refractivity contribution < 1.29 is 4.79 Å². The summed E-state index contributed by atoms with van der Waals surface area (Å²) in [5, 5.41) is 0.799. The van der Waals surface area contributed by atoms with Crippen LogP contribution in [-0.4, -0.2) is 15.8 Å². The number of nitrogens with one attached hydrogen (secondary N) is 1. The highest BCUT2D eigenvalue weighted by Crippen LogP contribution is 2.27. The summed E-state index contributed by atoms with van der Waals surface area (Å²) in [6, 6.07) is 17.0. The van der Waals surface area contributed by atoms with E-state index < -0.39 is 0 Å². The van der Waals surface area contributed by atoms with Crippen LogP contribution < -0.4 is 5.73 Å². The number of hydrogen-bond acceptors (Lipinski definition) is 3. The lowest BCUT2D eigenvalue weighted by atomic mass is 10.0. The van der Waals surface area contributed by atoms with Gasteiger partial charge in [-0.1, -0.05) is 40.2 Å². The number of aromatic amines is 1. The third-order valence-electron chi connectivity index (χ3n) is 4.10. The molecule has 2 aromatic heterocycles. The lowest BCUT2D eigenvalue weighted by molar-refractivity contribution is 0.104. The Labute approximate surface area is 152 Å². The monoisotopic (exact) mass is 391 g/mol. The molecular formula is C20H14BrN3O. The number of aromatic nitrogens is 2. The summed E-state index contributed by atoms with van der Waals surface area (Å²) < 4.78 is 1.02. The Kier molecular flexibility index (Phi) is 3.86. The highest BCUT2D eigenvalue weighted by molar-refractivity contribution is 9.10. The summed E-state index contributed by atoms with van der Waals surface area (Å²) in [5.41, 5.74) is 10.2. The molecule has 2 heterocycles. The Hall–Kier alpha value is -2.92. The molecule has 0 atom stereocenters. The number of hydrogen-bond donors (Lipinski definition) is 2.